The highest BCUT2D eigenvalue weighted by atomic mass is 16.5. The molecule has 1 heterocycles. The standard InChI is InChI=1S/C25H39NO6/c1-5-26-11-23(12-30-3)7-6-19(28)25-15-8-14-17(31-4)10-24(29,16(22(25)26)9-18(23)25)20(15)21(14)32-13(2)27/h14-22,28-29H,5-12H2,1-4H3/t14-,15?,16+,17?,18?,19?,20?,21?,22-,23+,24+,25?/m1/s1. The van der Waals surface area contributed by atoms with Crippen molar-refractivity contribution in [2.24, 2.45) is 40.4 Å². The number of hydrogen-bond acceptors (Lipinski definition) is 7. The number of ether oxygens (including phenoxy) is 3. The molecule has 6 aliphatic rings. The third-order valence-electron chi connectivity index (χ3n) is 11.2. The summed E-state index contributed by atoms with van der Waals surface area (Å²) in [6, 6.07) is 0.163. The molecule has 2 N–H and O–H groups in total. The normalized spacial score (nSPS) is 57.5. The van der Waals surface area contributed by atoms with Crippen LogP contribution in [0, 0.1) is 40.4 Å². The van der Waals surface area contributed by atoms with Crippen molar-refractivity contribution in [3.63, 3.8) is 0 Å². The molecule has 5 saturated carbocycles. The number of carbonyl (C=O) groups excluding carboxylic acids is 1. The van der Waals surface area contributed by atoms with E-state index in [9.17, 15) is 15.0 Å². The number of methoxy groups -OCH3 is 2. The number of aliphatic hydroxyl groups excluding tert-OH is 1. The maximum atomic E-state index is 12.5. The van der Waals surface area contributed by atoms with Crippen LogP contribution in [0.3, 0.4) is 0 Å². The van der Waals surface area contributed by atoms with Gasteiger partial charge in [0.15, 0.2) is 0 Å². The highest BCUT2D eigenvalue weighted by Gasteiger charge is 2.83. The number of aliphatic hydroxyl groups is 2. The number of carbonyl (C=O) groups is 1. The molecule has 0 amide bonds. The summed E-state index contributed by atoms with van der Waals surface area (Å²) >= 11 is 0. The van der Waals surface area contributed by atoms with Crippen LogP contribution in [0.5, 0.6) is 0 Å². The Morgan fingerprint density at radius 1 is 1.22 bits per heavy atom. The van der Waals surface area contributed by atoms with Crippen molar-refractivity contribution in [3.05, 3.63) is 0 Å². The van der Waals surface area contributed by atoms with Gasteiger partial charge in [0.1, 0.15) is 6.10 Å². The molecule has 6 fully saturated rings. The molecule has 1 spiro atoms. The smallest absolute Gasteiger partial charge is 0.302 e. The van der Waals surface area contributed by atoms with E-state index in [0.717, 1.165) is 38.8 Å². The van der Waals surface area contributed by atoms with Crippen LogP contribution < -0.4 is 0 Å². The summed E-state index contributed by atoms with van der Waals surface area (Å²) in [6.07, 6.45) is 3.27. The van der Waals surface area contributed by atoms with Gasteiger partial charge in [0, 0.05) is 68.7 Å². The van der Waals surface area contributed by atoms with Crippen molar-refractivity contribution >= 4 is 5.97 Å². The molecule has 7 heteroatoms. The first-order chi connectivity index (χ1) is 15.3. The summed E-state index contributed by atoms with van der Waals surface area (Å²) in [5.41, 5.74) is -1.20. The third kappa shape index (κ3) is 2.28. The molecular formula is C25H39NO6. The van der Waals surface area contributed by atoms with Gasteiger partial charge in [-0.2, -0.15) is 0 Å². The summed E-state index contributed by atoms with van der Waals surface area (Å²) in [6.45, 7) is 6.27. The Bertz CT molecular complexity index is 807. The molecule has 5 aliphatic carbocycles. The van der Waals surface area contributed by atoms with Gasteiger partial charge in [0.2, 0.25) is 0 Å². The zero-order valence-electron chi connectivity index (χ0n) is 19.8. The van der Waals surface area contributed by atoms with Gasteiger partial charge in [-0.25, -0.2) is 0 Å². The maximum Gasteiger partial charge on any atom is 0.302 e. The Hall–Kier alpha value is -0.730. The van der Waals surface area contributed by atoms with Crippen molar-refractivity contribution in [3.8, 4) is 0 Å². The number of nitrogens with zero attached hydrogens (tertiary/aromatic N) is 1. The average molecular weight is 450 g/mol. The van der Waals surface area contributed by atoms with Crippen molar-refractivity contribution in [1.82, 2.24) is 4.90 Å². The van der Waals surface area contributed by atoms with Gasteiger partial charge in [-0.1, -0.05) is 6.92 Å². The van der Waals surface area contributed by atoms with Crippen LogP contribution in [-0.2, 0) is 19.0 Å². The number of rotatable bonds is 5. The van der Waals surface area contributed by atoms with Crippen molar-refractivity contribution < 1.29 is 29.2 Å². The molecular weight excluding hydrogens is 410 g/mol. The molecule has 12 atom stereocenters. The number of esters is 1. The molecule has 0 radical (unpaired) electrons. The Kier molecular flexibility index (Phi) is 4.70. The average Bonchev–Trinajstić information content (AvgIpc) is 3.20. The lowest BCUT2D eigenvalue weighted by atomic mass is 9.43. The van der Waals surface area contributed by atoms with E-state index in [4.69, 9.17) is 14.2 Å². The predicted octanol–water partition coefficient (Wildman–Crippen LogP) is 1.45. The fourth-order valence-corrected chi connectivity index (χ4v) is 10.7. The molecule has 1 saturated heterocycles. The largest absolute Gasteiger partial charge is 0.462 e. The molecule has 6 rings (SSSR count). The van der Waals surface area contributed by atoms with Crippen LogP contribution >= 0.6 is 0 Å². The molecule has 0 aromatic carbocycles. The Labute approximate surface area is 190 Å². The highest BCUT2D eigenvalue weighted by molar-refractivity contribution is 5.66. The molecule has 7 unspecified atom stereocenters. The van der Waals surface area contributed by atoms with Crippen LogP contribution in [-0.4, -0.2) is 85.0 Å². The van der Waals surface area contributed by atoms with Gasteiger partial charge in [-0.15, -0.1) is 0 Å². The fourth-order valence-electron chi connectivity index (χ4n) is 10.7. The SMILES string of the molecule is CCN1C[C@]2(COC)CCC(O)C34C5C[C@@H]6C(OC)C[C@@](O)(C5C6OC(C)=O)[C@@H](CC32)[C@@H]14. The van der Waals surface area contributed by atoms with E-state index in [1.807, 2.05) is 0 Å². The zero-order valence-corrected chi connectivity index (χ0v) is 19.8. The van der Waals surface area contributed by atoms with Gasteiger partial charge < -0.3 is 24.4 Å². The predicted molar refractivity (Wildman–Crippen MR) is 116 cm³/mol. The minimum Gasteiger partial charge on any atom is -0.462 e. The van der Waals surface area contributed by atoms with E-state index in [1.165, 1.54) is 6.92 Å². The minimum absolute atomic E-state index is 0.0138. The first-order valence-electron chi connectivity index (χ1n) is 12.6. The zero-order chi connectivity index (χ0) is 22.6. The van der Waals surface area contributed by atoms with Crippen LogP contribution in [0.1, 0.15) is 46.0 Å². The van der Waals surface area contributed by atoms with E-state index < -0.39 is 11.7 Å². The van der Waals surface area contributed by atoms with Crippen LogP contribution in [0.15, 0.2) is 0 Å². The van der Waals surface area contributed by atoms with Crippen LogP contribution in [0.2, 0.25) is 0 Å². The molecule has 0 aromatic rings. The van der Waals surface area contributed by atoms with Gasteiger partial charge in [0.05, 0.1) is 24.4 Å². The second-order valence-electron chi connectivity index (χ2n) is 11.8. The summed E-state index contributed by atoms with van der Waals surface area (Å²) in [5, 5.41) is 24.4. The molecule has 32 heavy (non-hydrogen) atoms. The molecule has 0 aromatic heterocycles. The Morgan fingerprint density at radius 3 is 2.66 bits per heavy atom. The first-order valence-corrected chi connectivity index (χ1v) is 12.6. The van der Waals surface area contributed by atoms with Crippen LogP contribution in [0.4, 0.5) is 0 Å². The summed E-state index contributed by atoms with van der Waals surface area (Å²) in [4.78, 5) is 14.7. The van der Waals surface area contributed by atoms with E-state index in [0.29, 0.717) is 18.9 Å². The van der Waals surface area contributed by atoms with Gasteiger partial charge in [0.25, 0.3) is 0 Å². The molecule has 7 bridgehead atoms. The lowest BCUT2D eigenvalue weighted by Gasteiger charge is -2.69. The summed E-state index contributed by atoms with van der Waals surface area (Å²) < 4.78 is 17.7. The fraction of sp³-hybridized carbons (Fsp3) is 0.960. The van der Waals surface area contributed by atoms with Crippen molar-refractivity contribution in [2.75, 3.05) is 33.9 Å². The van der Waals surface area contributed by atoms with Crippen molar-refractivity contribution in [1.29, 1.82) is 0 Å². The lowest BCUT2D eigenvalue weighted by molar-refractivity contribution is -0.274. The van der Waals surface area contributed by atoms with Gasteiger partial charge in [-0.3, -0.25) is 9.69 Å². The Balaban J connectivity index is 1.56. The van der Waals surface area contributed by atoms with Gasteiger partial charge in [-0.05, 0) is 44.1 Å². The second kappa shape index (κ2) is 6.91. The highest BCUT2D eigenvalue weighted by Crippen LogP contribution is 2.79. The number of piperidine rings is 1. The van der Waals surface area contributed by atoms with E-state index in [-0.39, 0.29) is 58.7 Å². The molecule has 180 valence electrons. The van der Waals surface area contributed by atoms with Gasteiger partial charge >= 0.3 is 5.97 Å². The molecule has 7 nitrogen and oxygen atoms in total. The number of likely N-dealkylation sites (tertiary alicyclic amines) is 1. The quantitative estimate of drug-likeness (QED) is 0.614. The number of hydrogen-bond donors (Lipinski definition) is 2. The van der Waals surface area contributed by atoms with Crippen LogP contribution in [0.25, 0.3) is 0 Å². The first kappa shape index (κ1) is 21.8. The molecule has 1 aliphatic heterocycles. The lowest BCUT2D eigenvalue weighted by Crippen LogP contribution is -2.76. The summed E-state index contributed by atoms with van der Waals surface area (Å²) in [5.74, 6) is 0.164. The van der Waals surface area contributed by atoms with E-state index in [2.05, 4.69) is 11.8 Å². The monoisotopic (exact) mass is 449 g/mol. The third-order valence-corrected chi connectivity index (χ3v) is 11.2. The second-order valence-corrected chi connectivity index (χ2v) is 11.8. The maximum absolute atomic E-state index is 12.5. The van der Waals surface area contributed by atoms with E-state index in [1.54, 1.807) is 14.2 Å². The topological polar surface area (TPSA) is 88.5 Å². The number of fused-ring (bicyclic) bond motifs is 2. The summed E-state index contributed by atoms with van der Waals surface area (Å²) in [7, 11) is 3.51. The van der Waals surface area contributed by atoms with Crippen molar-refractivity contribution in [2.45, 2.75) is 75.9 Å². The van der Waals surface area contributed by atoms with E-state index >= 15 is 0 Å². The Morgan fingerprint density at radius 2 is 2.00 bits per heavy atom. The minimum atomic E-state index is -0.942.